The van der Waals surface area contributed by atoms with Gasteiger partial charge in [0.15, 0.2) is 0 Å². The van der Waals surface area contributed by atoms with Gasteiger partial charge < -0.3 is 4.90 Å². The number of hydrogen-bond donors (Lipinski definition) is 1. The Hall–Kier alpha value is -4.54. The number of aromatic nitrogens is 4. The molecule has 0 unspecified atom stereocenters. The zero-order valence-electron chi connectivity index (χ0n) is 22.8. The second-order valence-corrected chi connectivity index (χ2v) is 10.9. The van der Waals surface area contributed by atoms with E-state index in [1.54, 1.807) is 24.5 Å². The SMILES string of the molecule is CN1CCN(Cc2ccc(-n3c(=O)ccc4cnc5ccc(-c6ccc7[nH]ncc7c6)cc5c43)cc2C(F)(F)F)CC1. The lowest BCUT2D eigenvalue weighted by Gasteiger charge is -2.33. The van der Waals surface area contributed by atoms with Crippen LogP contribution in [0.1, 0.15) is 11.1 Å². The number of likely N-dealkylation sites (N-methyl/N-ethyl adjacent to an activating group) is 1. The van der Waals surface area contributed by atoms with Gasteiger partial charge in [-0.1, -0.05) is 18.2 Å². The minimum Gasteiger partial charge on any atom is -0.304 e. The minimum atomic E-state index is -4.57. The zero-order chi connectivity index (χ0) is 29.0. The van der Waals surface area contributed by atoms with Crippen LogP contribution in [0, 0.1) is 0 Å². The van der Waals surface area contributed by atoms with Crippen LogP contribution in [0.15, 0.2) is 83.9 Å². The maximum atomic E-state index is 14.4. The lowest BCUT2D eigenvalue weighted by Crippen LogP contribution is -2.44. The molecule has 0 amide bonds. The molecule has 212 valence electrons. The highest BCUT2D eigenvalue weighted by molar-refractivity contribution is 6.05. The highest BCUT2D eigenvalue weighted by atomic mass is 19.4. The van der Waals surface area contributed by atoms with Crippen molar-refractivity contribution in [3.63, 3.8) is 0 Å². The first kappa shape index (κ1) is 26.4. The topological polar surface area (TPSA) is 70.1 Å². The average molecular weight is 569 g/mol. The molecule has 1 aliphatic rings. The number of H-pyrrole nitrogens is 1. The normalized spacial score (nSPS) is 15.2. The third-order valence-electron chi connectivity index (χ3n) is 8.14. The second kappa shape index (κ2) is 10.1. The predicted molar refractivity (Wildman–Crippen MR) is 158 cm³/mol. The summed E-state index contributed by atoms with van der Waals surface area (Å²) in [6.07, 6.45) is -1.17. The van der Waals surface area contributed by atoms with Crippen LogP contribution < -0.4 is 5.56 Å². The van der Waals surface area contributed by atoms with Crippen molar-refractivity contribution in [2.45, 2.75) is 12.7 Å². The van der Waals surface area contributed by atoms with Crippen LogP contribution in [0.4, 0.5) is 13.2 Å². The van der Waals surface area contributed by atoms with E-state index in [0.29, 0.717) is 34.9 Å². The molecule has 7 rings (SSSR count). The summed E-state index contributed by atoms with van der Waals surface area (Å²) in [7, 11) is 2.01. The van der Waals surface area contributed by atoms with E-state index in [4.69, 9.17) is 0 Å². The van der Waals surface area contributed by atoms with Crippen LogP contribution in [0.5, 0.6) is 0 Å². The van der Waals surface area contributed by atoms with Crippen LogP contribution in [-0.2, 0) is 12.7 Å². The number of alkyl halides is 3. The Morgan fingerprint density at radius 3 is 2.45 bits per heavy atom. The van der Waals surface area contributed by atoms with Crippen LogP contribution in [-0.4, -0.2) is 62.8 Å². The number of hydrogen-bond acceptors (Lipinski definition) is 5. The molecule has 6 aromatic rings. The van der Waals surface area contributed by atoms with Gasteiger partial charge in [-0.3, -0.25) is 24.3 Å². The molecular formula is C32H27F3N6O. The quantitative estimate of drug-likeness (QED) is 0.270. The molecule has 4 heterocycles. The van der Waals surface area contributed by atoms with Gasteiger partial charge in [0.2, 0.25) is 0 Å². The molecule has 3 aromatic carbocycles. The summed E-state index contributed by atoms with van der Waals surface area (Å²) in [5.74, 6) is 0. The first-order valence-electron chi connectivity index (χ1n) is 13.7. The number of benzene rings is 3. The Bertz CT molecular complexity index is 2020. The molecule has 0 bridgehead atoms. The second-order valence-electron chi connectivity index (χ2n) is 10.9. The van der Waals surface area contributed by atoms with Crippen molar-refractivity contribution >= 4 is 32.7 Å². The summed E-state index contributed by atoms with van der Waals surface area (Å²) in [6, 6.07) is 19.0. The Labute approximate surface area is 238 Å². The molecular weight excluding hydrogens is 541 g/mol. The van der Waals surface area contributed by atoms with Gasteiger partial charge >= 0.3 is 6.18 Å². The fourth-order valence-corrected chi connectivity index (χ4v) is 5.82. The van der Waals surface area contributed by atoms with Gasteiger partial charge in [0.25, 0.3) is 5.56 Å². The lowest BCUT2D eigenvalue weighted by atomic mass is 10.0. The van der Waals surface area contributed by atoms with Crippen molar-refractivity contribution in [3.8, 4) is 16.8 Å². The fraction of sp³-hybridized carbons (Fsp3) is 0.219. The van der Waals surface area contributed by atoms with Crippen LogP contribution in [0.2, 0.25) is 0 Å². The molecule has 0 spiro atoms. The van der Waals surface area contributed by atoms with Gasteiger partial charge in [-0.25, -0.2) is 0 Å². The Morgan fingerprint density at radius 2 is 1.64 bits per heavy atom. The van der Waals surface area contributed by atoms with Crippen molar-refractivity contribution in [2.75, 3.05) is 33.2 Å². The van der Waals surface area contributed by atoms with E-state index in [9.17, 15) is 18.0 Å². The fourth-order valence-electron chi connectivity index (χ4n) is 5.82. The van der Waals surface area contributed by atoms with Gasteiger partial charge in [-0.05, 0) is 66.2 Å². The minimum absolute atomic E-state index is 0.165. The molecule has 0 atom stereocenters. The molecule has 0 aliphatic carbocycles. The summed E-state index contributed by atoms with van der Waals surface area (Å²) in [5.41, 5.74) is 3.12. The highest BCUT2D eigenvalue weighted by Gasteiger charge is 2.34. The van der Waals surface area contributed by atoms with E-state index in [1.165, 1.54) is 16.7 Å². The number of piperazine rings is 1. The van der Waals surface area contributed by atoms with Crippen LogP contribution in [0.3, 0.4) is 0 Å². The third kappa shape index (κ3) is 4.72. The molecule has 1 N–H and O–H groups in total. The van der Waals surface area contributed by atoms with E-state index in [0.717, 1.165) is 41.2 Å². The Kier molecular flexibility index (Phi) is 6.32. The third-order valence-corrected chi connectivity index (χ3v) is 8.14. The largest absolute Gasteiger partial charge is 0.416 e. The van der Waals surface area contributed by atoms with Gasteiger partial charge in [-0.15, -0.1) is 0 Å². The smallest absolute Gasteiger partial charge is 0.304 e. The van der Waals surface area contributed by atoms with Gasteiger partial charge in [0, 0.05) is 66.8 Å². The molecule has 0 saturated carbocycles. The molecule has 10 heteroatoms. The van der Waals surface area contributed by atoms with Gasteiger partial charge in [-0.2, -0.15) is 18.3 Å². The molecule has 42 heavy (non-hydrogen) atoms. The maximum Gasteiger partial charge on any atom is 0.416 e. The van der Waals surface area contributed by atoms with Gasteiger partial charge in [0.05, 0.1) is 28.3 Å². The van der Waals surface area contributed by atoms with Crippen LogP contribution >= 0.6 is 0 Å². The number of aromatic amines is 1. The monoisotopic (exact) mass is 568 g/mol. The van der Waals surface area contributed by atoms with E-state index >= 15 is 0 Å². The number of nitrogens with zero attached hydrogens (tertiary/aromatic N) is 5. The predicted octanol–water partition coefficient (Wildman–Crippen LogP) is 5.85. The molecule has 1 aliphatic heterocycles. The van der Waals surface area contributed by atoms with E-state index in [2.05, 4.69) is 20.1 Å². The first-order chi connectivity index (χ1) is 20.2. The van der Waals surface area contributed by atoms with Crippen molar-refractivity contribution in [2.24, 2.45) is 0 Å². The molecule has 3 aromatic heterocycles. The van der Waals surface area contributed by atoms with Gasteiger partial charge in [0.1, 0.15) is 0 Å². The summed E-state index contributed by atoms with van der Waals surface area (Å²) >= 11 is 0. The number of fused-ring (bicyclic) bond motifs is 4. The van der Waals surface area contributed by atoms with Crippen molar-refractivity contribution in [1.29, 1.82) is 0 Å². The molecule has 1 fully saturated rings. The maximum absolute atomic E-state index is 14.4. The Morgan fingerprint density at radius 1 is 0.857 bits per heavy atom. The number of rotatable bonds is 4. The van der Waals surface area contributed by atoms with E-state index in [-0.39, 0.29) is 17.8 Å². The van der Waals surface area contributed by atoms with Crippen molar-refractivity contribution < 1.29 is 13.2 Å². The standard InChI is InChI=1S/C32H27F3N6O/c1-39-10-12-40(13-11-39)19-23-2-6-25(16-27(23)32(33,34)35)41-30(42)9-5-22-17-36-29-8-4-21(15-26(29)31(22)41)20-3-7-28-24(14-20)18-37-38-28/h2-9,14-18H,10-13,19H2,1H3,(H,37,38). The van der Waals surface area contributed by atoms with Crippen LogP contribution in [0.25, 0.3) is 49.5 Å². The number of pyridine rings is 2. The van der Waals surface area contributed by atoms with E-state index < -0.39 is 17.3 Å². The molecule has 7 nitrogen and oxygen atoms in total. The Balaban J connectivity index is 1.39. The number of halogens is 3. The zero-order valence-corrected chi connectivity index (χ0v) is 22.8. The summed E-state index contributed by atoms with van der Waals surface area (Å²) in [6.45, 7) is 3.22. The van der Waals surface area contributed by atoms with Crippen molar-refractivity contribution in [3.05, 3.63) is 101 Å². The highest BCUT2D eigenvalue weighted by Crippen LogP contribution is 2.36. The van der Waals surface area contributed by atoms with E-state index in [1.807, 2.05) is 48.3 Å². The molecule has 0 radical (unpaired) electrons. The number of nitrogens with one attached hydrogen (secondary N) is 1. The summed E-state index contributed by atoms with van der Waals surface area (Å²) < 4.78 is 44.6. The molecule has 1 saturated heterocycles. The van der Waals surface area contributed by atoms with Crippen molar-refractivity contribution in [1.82, 2.24) is 29.5 Å². The first-order valence-corrected chi connectivity index (χ1v) is 13.7. The lowest BCUT2D eigenvalue weighted by molar-refractivity contribution is -0.138. The summed E-state index contributed by atoms with van der Waals surface area (Å²) in [4.78, 5) is 22.2. The average Bonchev–Trinajstić information content (AvgIpc) is 3.46. The summed E-state index contributed by atoms with van der Waals surface area (Å²) in [5, 5.41) is 9.31.